The molecule has 1 saturated heterocycles. The van der Waals surface area contributed by atoms with Crippen LogP contribution in [-0.4, -0.2) is 54.4 Å². The Hall–Kier alpha value is -2.34. The van der Waals surface area contributed by atoms with Gasteiger partial charge in [-0.3, -0.25) is 9.59 Å². The molecule has 2 amide bonds. The first-order chi connectivity index (χ1) is 12.2. The molecule has 25 heavy (non-hydrogen) atoms. The molecule has 1 aliphatic rings. The molecule has 132 valence electrons. The van der Waals surface area contributed by atoms with Crippen molar-refractivity contribution in [2.24, 2.45) is 0 Å². The lowest BCUT2D eigenvalue weighted by Gasteiger charge is -2.34. The van der Waals surface area contributed by atoms with Crippen LogP contribution in [0.15, 0.2) is 47.8 Å². The van der Waals surface area contributed by atoms with Crippen molar-refractivity contribution in [3.63, 3.8) is 0 Å². The fraction of sp³-hybridized carbons (Fsp3) is 0.368. The quantitative estimate of drug-likeness (QED) is 0.746. The van der Waals surface area contributed by atoms with Crippen LogP contribution < -0.4 is 4.74 Å². The van der Waals surface area contributed by atoms with Gasteiger partial charge in [-0.25, -0.2) is 0 Å². The van der Waals surface area contributed by atoms with Crippen LogP contribution in [0.5, 0.6) is 5.75 Å². The Bertz CT molecular complexity index is 680. The van der Waals surface area contributed by atoms with Gasteiger partial charge in [0.25, 0.3) is 5.91 Å². The number of rotatable bonds is 6. The lowest BCUT2D eigenvalue weighted by atomic mass is 10.2. The maximum absolute atomic E-state index is 12.3. The van der Waals surface area contributed by atoms with Crippen LogP contribution in [0.1, 0.15) is 22.5 Å². The van der Waals surface area contributed by atoms with E-state index in [4.69, 9.17) is 4.74 Å². The van der Waals surface area contributed by atoms with Gasteiger partial charge < -0.3 is 14.5 Å². The van der Waals surface area contributed by atoms with E-state index in [1.54, 1.807) is 0 Å². The number of carbonyl (C=O) groups excluding carboxylic acids is 2. The molecule has 1 fully saturated rings. The highest BCUT2D eigenvalue weighted by Crippen LogP contribution is 2.14. The first-order valence-corrected chi connectivity index (χ1v) is 9.40. The number of carbonyl (C=O) groups is 2. The summed E-state index contributed by atoms with van der Waals surface area (Å²) in [6, 6.07) is 13.3. The molecule has 1 aromatic carbocycles. The Morgan fingerprint density at radius 2 is 1.68 bits per heavy atom. The molecule has 3 rings (SSSR count). The molecule has 0 N–H and O–H groups in total. The van der Waals surface area contributed by atoms with Gasteiger partial charge in [-0.05, 0) is 30.0 Å². The largest absolute Gasteiger partial charge is 0.494 e. The lowest BCUT2D eigenvalue weighted by molar-refractivity contribution is -0.132. The van der Waals surface area contributed by atoms with Crippen LogP contribution in [0.3, 0.4) is 0 Å². The van der Waals surface area contributed by atoms with Crippen LogP contribution in [-0.2, 0) is 4.79 Å². The maximum Gasteiger partial charge on any atom is 0.264 e. The highest BCUT2D eigenvalue weighted by molar-refractivity contribution is 7.12. The highest BCUT2D eigenvalue weighted by atomic mass is 32.1. The second-order valence-electron chi connectivity index (χ2n) is 5.92. The van der Waals surface area contributed by atoms with Crippen molar-refractivity contribution in [2.45, 2.75) is 12.8 Å². The van der Waals surface area contributed by atoms with Gasteiger partial charge in [0.05, 0.1) is 11.5 Å². The molecule has 2 heterocycles. The molecule has 0 unspecified atom stereocenters. The Kier molecular flexibility index (Phi) is 6.06. The Morgan fingerprint density at radius 1 is 0.960 bits per heavy atom. The van der Waals surface area contributed by atoms with Gasteiger partial charge >= 0.3 is 0 Å². The molecule has 0 spiro atoms. The summed E-state index contributed by atoms with van der Waals surface area (Å²) < 4.78 is 5.61. The second-order valence-corrected chi connectivity index (χ2v) is 6.86. The van der Waals surface area contributed by atoms with E-state index in [1.165, 1.54) is 11.3 Å². The van der Waals surface area contributed by atoms with E-state index >= 15 is 0 Å². The highest BCUT2D eigenvalue weighted by Gasteiger charge is 2.24. The van der Waals surface area contributed by atoms with E-state index in [0.717, 1.165) is 10.6 Å². The molecule has 0 aliphatic carbocycles. The topological polar surface area (TPSA) is 49.9 Å². The summed E-state index contributed by atoms with van der Waals surface area (Å²) >= 11 is 1.46. The number of hydrogen-bond donors (Lipinski definition) is 0. The van der Waals surface area contributed by atoms with Gasteiger partial charge in [-0.2, -0.15) is 0 Å². The third-order valence-corrected chi connectivity index (χ3v) is 5.06. The number of para-hydroxylation sites is 1. The van der Waals surface area contributed by atoms with Gasteiger partial charge in [0.1, 0.15) is 5.75 Å². The molecule has 0 radical (unpaired) electrons. The van der Waals surface area contributed by atoms with E-state index in [-0.39, 0.29) is 11.8 Å². The van der Waals surface area contributed by atoms with Gasteiger partial charge in [0, 0.05) is 32.6 Å². The maximum atomic E-state index is 12.3. The number of thiophene rings is 1. The average Bonchev–Trinajstić information content (AvgIpc) is 3.20. The molecule has 6 heteroatoms. The van der Waals surface area contributed by atoms with E-state index in [1.807, 2.05) is 57.6 Å². The molecule has 1 aromatic heterocycles. The summed E-state index contributed by atoms with van der Waals surface area (Å²) in [5.41, 5.74) is 0. The van der Waals surface area contributed by atoms with Crippen molar-refractivity contribution in [3.8, 4) is 5.75 Å². The third kappa shape index (κ3) is 4.82. The second kappa shape index (κ2) is 8.67. The van der Waals surface area contributed by atoms with E-state index in [2.05, 4.69) is 0 Å². The predicted octanol–water partition coefficient (Wildman–Crippen LogP) is 2.89. The van der Waals surface area contributed by atoms with E-state index in [0.29, 0.717) is 45.6 Å². The first-order valence-electron chi connectivity index (χ1n) is 8.52. The molecule has 1 aliphatic heterocycles. The average molecular weight is 358 g/mol. The zero-order valence-corrected chi connectivity index (χ0v) is 14.9. The zero-order valence-electron chi connectivity index (χ0n) is 14.1. The number of piperazine rings is 1. The third-order valence-electron chi connectivity index (χ3n) is 4.20. The predicted molar refractivity (Wildman–Crippen MR) is 98.0 cm³/mol. The van der Waals surface area contributed by atoms with Crippen LogP contribution in [0.25, 0.3) is 0 Å². The minimum atomic E-state index is 0.0679. The van der Waals surface area contributed by atoms with Gasteiger partial charge in [0.15, 0.2) is 0 Å². The molecule has 0 saturated carbocycles. The summed E-state index contributed by atoms with van der Waals surface area (Å²) in [5, 5.41) is 1.91. The van der Waals surface area contributed by atoms with Crippen molar-refractivity contribution >= 4 is 23.2 Å². The van der Waals surface area contributed by atoms with Crippen molar-refractivity contribution in [1.29, 1.82) is 0 Å². The van der Waals surface area contributed by atoms with Crippen molar-refractivity contribution < 1.29 is 14.3 Å². The van der Waals surface area contributed by atoms with Crippen LogP contribution in [0.2, 0.25) is 0 Å². The van der Waals surface area contributed by atoms with E-state index < -0.39 is 0 Å². The minimum Gasteiger partial charge on any atom is -0.494 e. The smallest absolute Gasteiger partial charge is 0.264 e. The molecule has 0 bridgehead atoms. The van der Waals surface area contributed by atoms with Gasteiger partial charge in [0.2, 0.25) is 5.91 Å². The number of amides is 2. The summed E-state index contributed by atoms with van der Waals surface area (Å²) in [5.74, 6) is 1.04. The molecular weight excluding hydrogens is 336 g/mol. The fourth-order valence-corrected chi connectivity index (χ4v) is 3.49. The van der Waals surface area contributed by atoms with E-state index in [9.17, 15) is 9.59 Å². The standard InChI is InChI=1S/C19H22N2O3S/c22-18(9-4-14-24-16-6-2-1-3-7-16)20-10-12-21(13-11-20)19(23)17-8-5-15-25-17/h1-3,5-8,15H,4,9-14H2. The van der Waals surface area contributed by atoms with Crippen molar-refractivity contribution in [3.05, 3.63) is 52.7 Å². The van der Waals surface area contributed by atoms with Crippen molar-refractivity contribution in [1.82, 2.24) is 9.80 Å². The molecule has 2 aromatic rings. The number of hydrogen-bond acceptors (Lipinski definition) is 4. The summed E-state index contributed by atoms with van der Waals surface area (Å²) in [4.78, 5) is 29.0. The lowest BCUT2D eigenvalue weighted by Crippen LogP contribution is -2.50. The van der Waals surface area contributed by atoms with Crippen molar-refractivity contribution in [2.75, 3.05) is 32.8 Å². The van der Waals surface area contributed by atoms with Crippen LogP contribution in [0, 0.1) is 0 Å². The number of ether oxygens (including phenoxy) is 1. The normalized spacial score (nSPS) is 14.4. The summed E-state index contributed by atoms with van der Waals surface area (Å²) in [6.07, 6.45) is 1.17. The number of nitrogens with zero attached hydrogens (tertiary/aromatic N) is 2. The Balaban J connectivity index is 1.36. The SMILES string of the molecule is O=C(CCCOc1ccccc1)N1CCN(C(=O)c2cccs2)CC1. The van der Waals surface area contributed by atoms with Gasteiger partial charge in [-0.1, -0.05) is 24.3 Å². The van der Waals surface area contributed by atoms with Crippen LogP contribution in [0.4, 0.5) is 0 Å². The summed E-state index contributed by atoms with van der Waals surface area (Å²) in [7, 11) is 0. The Morgan fingerprint density at radius 3 is 2.36 bits per heavy atom. The molecule has 5 nitrogen and oxygen atoms in total. The zero-order chi connectivity index (χ0) is 17.5. The Labute approximate surface area is 151 Å². The fourth-order valence-electron chi connectivity index (χ4n) is 2.80. The minimum absolute atomic E-state index is 0.0679. The molecule has 0 atom stereocenters. The number of benzene rings is 1. The first kappa shape index (κ1) is 17.5. The van der Waals surface area contributed by atoms with Crippen LogP contribution >= 0.6 is 11.3 Å². The van der Waals surface area contributed by atoms with Gasteiger partial charge in [-0.15, -0.1) is 11.3 Å². The monoisotopic (exact) mass is 358 g/mol. The summed E-state index contributed by atoms with van der Waals surface area (Å²) in [6.45, 7) is 2.95. The molecular formula is C19H22N2O3S.